The van der Waals surface area contributed by atoms with Crippen molar-refractivity contribution in [3.8, 4) is 23.0 Å². The summed E-state index contributed by atoms with van der Waals surface area (Å²) < 4.78 is 21.5. The smallest absolute Gasteiger partial charge is 0.321 e. The molecule has 29 heavy (non-hydrogen) atoms. The normalized spacial score (nSPS) is 13.7. The highest BCUT2D eigenvalue weighted by atomic mass is 16.5. The van der Waals surface area contributed by atoms with Crippen LogP contribution in [0.1, 0.15) is 0 Å². The molecule has 2 amide bonds. The molecule has 1 aliphatic rings. The van der Waals surface area contributed by atoms with Crippen LogP contribution in [0.5, 0.6) is 23.0 Å². The maximum atomic E-state index is 12.7. The van der Waals surface area contributed by atoms with Crippen molar-refractivity contribution in [2.45, 2.75) is 0 Å². The number of carbonyl (C=O) groups excluding carboxylic acids is 1. The van der Waals surface area contributed by atoms with Gasteiger partial charge in [0.15, 0.2) is 11.5 Å². The number of methoxy groups -OCH3 is 4. The van der Waals surface area contributed by atoms with E-state index in [0.717, 1.165) is 24.5 Å². The highest BCUT2D eigenvalue weighted by Crippen LogP contribution is 2.40. The summed E-state index contributed by atoms with van der Waals surface area (Å²) in [5.74, 6) is 2.30. The summed E-state index contributed by atoms with van der Waals surface area (Å²) in [6.45, 7) is 2.66. The number of hydrogen-bond donors (Lipinski definition) is 1. The summed E-state index contributed by atoms with van der Waals surface area (Å²) in [7, 11) is 6.29. The molecule has 1 N–H and O–H groups in total. The fourth-order valence-corrected chi connectivity index (χ4v) is 3.40. The zero-order chi connectivity index (χ0) is 20.8. The SMILES string of the molecule is COc1ccccc1N1CCN(C(=O)Nc2cc(OC)c(OC)c(OC)c2)CC1. The number of anilines is 2. The first-order valence-corrected chi connectivity index (χ1v) is 9.35. The minimum absolute atomic E-state index is 0.168. The van der Waals surface area contributed by atoms with E-state index in [1.54, 1.807) is 45.5 Å². The Morgan fingerprint density at radius 1 is 0.828 bits per heavy atom. The van der Waals surface area contributed by atoms with E-state index >= 15 is 0 Å². The molecule has 0 aliphatic carbocycles. The first-order valence-electron chi connectivity index (χ1n) is 9.35. The van der Waals surface area contributed by atoms with Gasteiger partial charge >= 0.3 is 6.03 Å². The Labute approximate surface area is 170 Å². The van der Waals surface area contributed by atoms with Gasteiger partial charge in [-0.25, -0.2) is 4.79 Å². The van der Waals surface area contributed by atoms with Gasteiger partial charge in [0.05, 0.1) is 39.8 Å². The molecule has 1 saturated heterocycles. The number of para-hydroxylation sites is 2. The van der Waals surface area contributed by atoms with Crippen LogP contribution < -0.4 is 29.2 Å². The number of nitrogens with zero attached hydrogens (tertiary/aromatic N) is 2. The largest absolute Gasteiger partial charge is 0.495 e. The minimum atomic E-state index is -0.168. The first-order chi connectivity index (χ1) is 14.1. The Balaban J connectivity index is 1.66. The molecule has 0 aromatic heterocycles. The van der Waals surface area contributed by atoms with E-state index in [-0.39, 0.29) is 6.03 Å². The topological polar surface area (TPSA) is 72.5 Å². The van der Waals surface area contributed by atoms with Gasteiger partial charge in [-0.15, -0.1) is 0 Å². The Hall–Kier alpha value is -3.29. The quantitative estimate of drug-likeness (QED) is 0.802. The van der Waals surface area contributed by atoms with Crippen molar-refractivity contribution in [3.05, 3.63) is 36.4 Å². The summed E-state index contributed by atoms with van der Waals surface area (Å²) >= 11 is 0. The molecule has 1 heterocycles. The van der Waals surface area contributed by atoms with Crippen LogP contribution in [-0.2, 0) is 0 Å². The van der Waals surface area contributed by atoms with Crippen molar-refractivity contribution in [2.75, 3.05) is 64.8 Å². The molecule has 3 rings (SSSR count). The summed E-state index contributed by atoms with van der Waals surface area (Å²) in [6.07, 6.45) is 0. The zero-order valence-corrected chi connectivity index (χ0v) is 17.2. The lowest BCUT2D eigenvalue weighted by atomic mass is 10.2. The number of urea groups is 1. The number of hydrogen-bond acceptors (Lipinski definition) is 6. The van der Waals surface area contributed by atoms with Gasteiger partial charge in [-0.1, -0.05) is 12.1 Å². The van der Waals surface area contributed by atoms with Crippen molar-refractivity contribution < 1.29 is 23.7 Å². The van der Waals surface area contributed by atoms with E-state index in [1.165, 1.54) is 0 Å². The van der Waals surface area contributed by atoms with Crippen LogP contribution in [0.3, 0.4) is 0 Å². The van der Waals surface area contributed by atoms with Gasteiger partial charge in [0.1, 0.15) is 5.75 Å². The summed E-state index contributed by atoms with van der Waals surface area (Å²) in [6, 6.07) is 11.2. The summed E-state index contributed by atoms with van der Waals surface area (Å²) in [5.41, 5.74) is 1.62. The second-order valence-electron chi connectivity index (χ2n) is 6.49. The maximum Gasteiger partial charge on any atom is 0.321 e. The maximum absolute atomic E-state index is 12.7. The molecule has 0 atom stereocenters. The lowest BCUT2D eigenvalue weighted by Gasteiger charge is -2.36. The molecule has 2 aromatic rings. The Bertz CT molecular complexity index is 825. The predicted octanol–water partition coefficient (Wildman–Crippen LogP) is 3.08. The van der Waals surface area contributed by atoms with Crippen molar-refractivity contribution in [1.82, 2.24) is 4.90 Å². The lowest BCUT2D eigenvalue weighted by molar-refractivity contribution is 0.208. The zero-order valence-electron chi connectivity index (χ0n) is 17.2. The Morgan fingerprint density at radius 3 is 1.97 bits per heavy atom. The molecule has 156 valence electrons. The van der Waals surface area contributed by atoms with Crippen LogP contribution in [0.4, 0.5) is 16.2 Å². The van der Waals surface area contributed by atoms with E-state index in [0.29, 0.717) is 36.0 Å². The lowest BCUT2D eigenvalue weighted by Crippen LogP contribution is -2.50. The van der Waals surface area contributed by atoms with Crippen LogP contribution >= 0.6 is 0 Å². The van der Waals surface area contributed by atoms with Gasteiger partial charge in [0, 0.05) is 38.3 Å². The highest BCUT2D eigenvalue weighted by molar-refractivity contribution is 5.90. The highest BCUT2D eigenvalue weighted by Gasteiger charge is 2.23. The number of benzene rings is 2. The average Bonchev–Trinajstić information content (AvgIpc) is 2.78. The third-order valence-electron chi connectivity index (χ3n) is 4.91. The first kappa shape index (κ1) is 20.4. The molecule has 0 saturated carbocycles. The van der Waals surface area contributed by atoms with Gasteiger partial charge in [0.25, 0.3) is 0 Å². The molecule has 0 spiro atoms. The van der Waals surface area contributed by atoms with Gasteiger partial charge < -0.3 is 34.1 Å². The predicted molar refractivity (Wildman–Crippen MR) is 112 cm³/mol. The fraction of sp³-hybridized carbons (Fsp3) is 0.381. The van der Waals surface area contributed by atoms with E-state index in [2.05, 4.69) is 10.2 Å². The van der Waals surface area contributed by atoms with Crippen molar-refractivity contribution in [3.63, 3.8) is 0 Å². The second kappa shape index (κ2) is 9.27. The van der Waals surface area contributed by atoms with E-state index in [1.807, 2.05) is 24.3 Å². The molecule has 0 bridgehead atoms. The molecule has 0 radical (unpaired) electrons. The Kier molecular flexibility index (Phi) is 6.54. The van der Waals surface area contributed by atoms with Gasteiger partial charge in [0.2, 0.25) is 5.75 Å². The Morgan fingerprint density at radius 2 is 1.41 bits per heavy atom. The van der Waals surface area contributed by atoms with Crippen LogP contribution in [0.25, 0.3) is 0 Å². The van der Waals surface area contributed by atoms with Crippen molar-refractivity contribution in [2.24, 2.45) is 0 Å². The average molecular weight is 401 g/mol. The van der Waals surface area contributed by atoms with Crippen LogP contribution in [0.2, 0.25) is 0 Å². The molecule has 2 aromatic carbocycles. The van der Waals surface area contributed by atoms with Crippen molar-refractivity contribution >= 4 is 17.4 Å². The number of rotatable bonds is 6. The molecule has 1 fully saturated rings. The monoisotopic (exact) mass is 401 g/mol. The number of ether oxygens (including phenoxy) is 4. The number of piperazine rings is 1. The molecule has 8 nitrogen and oxygen atoms in total. The third kappa shape index (κ3) is 4.42. The molecule has 8 heteroatoms. The minimum Gasteiger partial charge on any atom is -0.495 e. The number of nitrogens with one attached hydrogen (secondary N) is 1. The van der Waals surface area contributed by atoms with Crippen molar-refractivity contribution in [1.29, 1.82) is 0 Å². The fourth-order valence-electron chi connectivity index (χ4n) is 3.40. The third-order valence-corrected chi connectivity index (χ3v) is 4.91. The molecular formula is C21H27N3O5. The molecule has 1 aliphatic heterocycles. The van der Waals surface area contributed by atoms with Crippen LogP contribution in [0, 0.1) is 0 Å². The summed E-state index contributed by atoms with van der Waals surface area (Å²) in [4.78, 5) is 16.8. The molecular weight excluding hydrogens is 374 g/mol. The van der Waals surface area contributed by atoms with Gasteiger partial charge in [-0.05, 0) is 12.1 Å². The van der Waals surface area contributed by atoms with Gasteiger partial charge in [-0.2, -0.15) is 0 Å². The van der Waals surface area contributed by atoms with Crippen LogP contribution in [0.15, 0.2) is 36.4 Å². The van der Waals surface area contributed by atoms with E-state index < -0.39 is 0 Å². The molecule has 0 unspecified atom stereocenters. The van der Waals surface area contributed by atoms with E-state index in [4.69, 9.17) is 18.9 Å². The second-order valence-corrected chi connectivity index (χ2v) is 6.49. The number of amides is 2. The standard InChI is InChI=1S/C21H27N3O5/c1-26-17-8-6-5-7-16(17)23-9-11-24(12-10-23)21(25)22-15-13-18(27-2)20(29-4)19(14-15)28-3/h5-8,13-14H,9-12H2,1-4H3,(H,22,25). The van der Waals surface area contributed by atoms with Crippen LogP contribution in [-0.4, -0.2) is 65.5 Å². The number of carbonyl (C=O) groups is 1. The van der Waals surface area contributed by atoms with Gasteiger partial charge in [-0.3, -0.25) is 0 Å². The van der Waals surface area contributed by atoms with E-state index in [9.17, 15) is 4.79 Å². The summed E-state index contributed by atoms with van der Waals surface area (Å²) in [5, 5.41) is 2.92.